The summed E-state index contributed by atoms with van der Waals surface area (Å²) in [5.41, 5.74) is 8.19. The number of para-hydroxylation sites is 2. The molecule has 2 amide bonds. The zero-order valence-corrected chi connectivity index (χ0v) is 22.5. The van der Waals surface area contributed by atoms with Crippen LogP contribution in [0.25, 0.3) is 10.8 Å². The highest BCUT2D eigenvalue weighted by Crippen LogP contribution is 2.35. The molecule has 0 fully saturated rings. The first-order valence-electron chi connectivity index (χ1n) is 13.0. The van der Waals surface area contributed by atoms with Gasteiger partial charge in [-0.1, -0.05) is 67.6 Å². The van der Waals surface area contributed by atoms with Crippen LogP contribution in [0.2, 0.25) is 0 Å². The summed E-state index contributed by atoms with van der Waals surface area (Å²) >= 11 is 0. The van der Waals surface area contributed by atoms with Gasteiger partial charge in [-0.3, -0.25) is 10.1 Å². The lowest BCUT2D eigenvalue weighted by atomic mass is 9.92. The van der Waals surface area contributed by atoms with Crippen LogP contribution in [0.1, 0.15) is 31.4 Å². The Hall–Kier alpha value is -4.98. The SMILES string of the molecule is COc1ccc([C@H](OC(=O)Nc2cccc3ccccc23)[C@@H](C)CC/C=C/C(=O)Nc2ccccc2N)cc1O. The van der Waals surface area contributed by atoms with Crippen molar-refractivity contribution in [1.82, 2.24) is 0 Å². The zero-order valence-electron chi connectivity index (χ0n) is 22.5. The smallest absolute Gasteiger partial charge is 0.412 e. The molecule has 0 bridgehead atoms. The quantitative estimate of drug-likeness (QED) is 0.127. The molecule has 0 saturated heterocycles. The van der Waals surface area contributed by atoms with E-state index in [0.29, 0.717) is 41.2 Å². The van der Waals surface area contributed by atoms with Gasteiger partial charge in [0.2, 0.25) is 5.91 Å². The number of rotatable bonds is 10. The van der Waals surface area contributed by atoms with Gasteiger partial charge in [-0.15, -0.1) is 0 Å². The minimum absolute atomic E-state index is 0.0491. The van der Waals surface area contributed by atoms with Crippen LogP contribution in [0.5, 0.6) is 11.5 Å². The number of nitrogens with two attached hydrogens (primary N) is 1. The molecule has 2 atom stereocenters. The second-order valence-electron chi connectivity index (χ2n) is 9.44. The van der Waals surface area contributed by atoms with E-state index in [0.717, 1.165) is 10.8 Å². The lowest BCUT2D eigenvalue weighted by Crippen LogP contribution is -2.22. The summed E-state index contributed by atoms with van der Waals surface area (Å²) in [6, 6.07) is 25.4. The number of anilines is 3. The molecule has 0 spiro atoms. The predicted molar refractivity (Wildman–Crippen MR) is 158 cm³/mol. The number of phenolic OH excluding ortho intramolecular Hbond substituents is 1. The fraction of sp³-hybridized carbons (Fsp3) is 0.188. The van der Waals surface area contributed by atoms with Gasteiger partial charge in [-0.2, -0.15) is 0 Å². The summed E-state index contributed by atoms with van der Waals surface area (Å²) in [6.07, 6.45) is 3.12. The van der Waals surface area contributed by atoms with Crippen molar-refractivity contribution in [2.75, 3.05) is 23.5 Å². The number of fused-ring (bicyclic) bond motifs is 1. The van der Waals surface area contributed by atoms with Gasteiger partial charge < -0.3 is 25.6 Å². The molecule has 0 aliphatic rings. The molecule has 0 heterocycles. The van der Waals surface area contributed by atoms with Gasteiger partial charge in [-0.25, -0.2) is 4.79 Å². The normalized spacial score (nSPS) is 12.6. The number of carbonyl (C=O) groups is 2. The minimum Gasteiger partial charge on any atom is -0.504 e. The molecule has 0 aromatic heterocycles. The summed E-state index contributed by atoms with van der Waals surface area (Å²) in [7, 11) is 1.47. The topological polar surface area (TPSA) is 123 Å². The number of carbonyl (C=O) groups excluding carboxylic acids is 2. The van der Waals surface area contributed by atoms with Crippen molar-refractivity contribution < 1.29 is 24.2 Å². The summed E-state index contributed by atoms with van der Waals surface area (Å²) < 4.78 is 11.1. The summed E-state index contributed by atoms with van der Waals surface area (Å²) in [4.78, 5) is 25.4. The Kier molecular flexibility index (Phi) is 9.25. The van der Waals surface area contributed by atoms with Crippen LogP contribution in [-0.4, -0.2) is 24.2 Å². The number of ether oxygens (including phenoxy) is 2. The maximum Gasteiger partial charge on any atom is 0.412 e. The van der Waals surface area contributed by atoms with E-state index < -0.39 is 12.2 Å². The average Bonchev–Trinajstić information content (AvgIpc) is 2.95. The number of amides is 2. The number of methoxy groups -OCH3 is 1. The van der Waals surface area contributed by atoms with Gasteiger partial charge in [0, 0.05) is 5.39 Å². The van der Waals surface area contributed by atoms with E-state index in [1.54, 1.807) is 48.5 Å². The number of benzene rings is 4. The molecule has 0 aliphatic carbocycles. The molecule has 8 nitrogen and oxygen atoms in total. The van der Waals surface area contributed by atoms with Crippen LogP contribution in [0.4, 0.5) is 21.9 Å². The third-order valence-corrected chi connectivity index (χ3v) is 6.59. The minimum atomic E-state index is -0.668. The third-order valence-electron chi connectivity index (χ3n) is 6.59. The van der Waals surface area contributed by atoms with E-state index in [1.807, 2.05) is 49.4 Å². The van der Waals surface area contributed by atoms with Crippen LogP contribution in [-0.2, 0) is 9.53 Å². The predicted octanol–water partition coefficient (Wildman–Crippen LogP) is 7.04. The molecular weight excluding hydrogens is 506 g/mol. The maximum absolute atomic E-state index is 13.1. The molecule has 5 N–H and O–H groups in total. The number of allylic oxidation sites excluding steroid dienone is 1. The molecule has 40 heavy (non-hydrogen) atoms. The fourth-order valence-electron chi connectivity index (χ4n) is 4.47. The van der Waals surface area contributed by atoms with Crippen LogP contribution in [0, 0.1) is 5.92 Å². The molecule has 4 aromatic carbocycles. The highest BCUT2D eigenvalue weighted by molar-refractivity contribution is 6.01. The van der Waals surface area contributed by atoms with Crippen LogP contribution >= 0.6 is 0 Å². The van der Waals surface area contributed by atoms with Crippen molar-refractivity contribution in [2.24, 2.45) is 5.92 Å². The summed E-state index contributed by atoms with van der Waals surface area (Å²) in [5.74, 6) is -0.160. The molecule has 0 aliphatic heterocycles. The van der Waals surface area contributed by atoms with Crippen molar-refractivity contribution in [1.29, 1.82) is 0 Å². The lowest BCUT2D eigenvalue weighted by Gasteiger charge is -2.25. The Bertz CT molecular complexity index is 1510. The highest BCUT2D eigenvalue weighted by Gasteiger charge is 2.25. The van der Waals surface area contributed by atoms with Crippen molar-refractivity contribution in [2.45, 2.75) is 25.9 Å². The van der Waals surface area contributed by atoms with Crippen LogP contribution in [0.3, 0.4) is 0 Å². The number of hydrogen-bond acceptors (Lipinski definition) is 6. The maximum atomic E-state index is 13.1. The first-order chi connectivity index (χ1) is 19.4. The fourth-order valence-corrected chi connectivity index (χ4v) is 4.47. The van der Waals surface area contributed by atoms with E-state index in [9.17, 15) is 14.7 Å². The van der Waals surface area contributed by atoms with Gasteiger partial charge >= 0.3 is 6.09 Å². The van der Waals surface area contributed by atoms with E-state index in [2.05, 4.69) is 10.6 Å². The second kappa shape index (κ2) is 13.2. The van der Waals surface area contributed by atoms with Gasteiger partial charge in [0.15, 0.2) is 11.5 Å². The highest BCUT2D eigenvalue weighted by atomic mass is 16.6. The average molecular weight is 540 g/mol. The summed E-state index contributed by atoms with van der Waals surface area (Å²) in [5, 5.41) is 17.9. The molecule has 0 unspecified atom stereocenters. The van der Waals surface area contributed by atoms with Crippen molar-refractivity contribution in [3.8, 4) is 11.5 Å². The lowest BCUT2D eigenvalue weighted by molar-refractivity contribution is -0.111. The third kappa shape index (κ3) is 7.11. The monoisotopic (exact) mass is 539 g/mol. The Morgan fingerprint density at radius 1 is 0.950 bits per heavy atom. The Balaban J connectivity index is 1.45. The van der Waals surface area contributed by atoms with Gasteiger partial charge in [0.05, 0.1) is 24.2 Å². The van der Waals surface area contributed by atoms with Crippen molar-refractivity contribution in [3.63, 3.8) is 0 Å². The zero-order chi connectivity index (χ0) is 28.5. The Morgan fingerprint density at radius 2 is 1.68 bits per heavy atom. The Labute approximate surface area is 233 Å². The standard InChI is InChI=1S/C32H33N3O5/c1-21(10-3-8-17-30(37)34-27-15-7-6-14-25(27)33)31(23-18-19-29(39-2)28(36)20-23)40-32(38)35-26-16-9-12-22-11-4-5-13-24(22)26/h4-9,11-21,31,36H,3,10,33H2,1-2H3,(H,34,37)(H,35,38)/b17-8+/t21-,31+/m0/s1. The molecule has 0 saturated carbocycles. The van der Waals surface area contributed by atoms with Crippen LogP contribution < -0.4 is 21.1 Å². The Morgan fingerprint density at radius 3 is 2.45 bits per heavy atom. The molecule has 8 heteroatoms. The van der Waals surface area contributed by atoms with Crippen molar-refractivity contribution >= 4 is 39.8 Å². The second-order valence-corrected chi connectivity index (χ2v) is 9.44. The van der Waals surface area contributed by atoms with E-state index in [4.69, 9.17) is 15.2 Å². The molecular formula is C32H33N3O5. The molecule has 4 rings (SSSR count). The largest absolute Gasteiger partial charge is 0.504 e. The number of nitrogen functional groups attached to an aromatic ring is 1. The summed E-state index contributed by atoms with van der Waals surface area (Å²) in [6.45, 7) is 1.95. The number of nitrogens with one attached hydrogen (secondary N) is 2. The van der Waals surface area contributed by atoms with E-state index in [-0.39, 0.29) is 17.6 Å². The van der Waals surface area contributed by atoms with Gasteiger partial charge in [-0.05, 0) is 66.1 Å². The first-order valence-corrected chi connectivity index (χ1v) is 13.0. The number of phenols is 1. The number of hydrogen-bond donors (Lipinski definition) is 4. The van der Waals surface area contributed by atoms with Gasteiger partial charge in [0.25, 0.3) is 0 Å². The first kappa shape index (κ1) is 28.0. The number of aromatic hydroxyl groups is 1. The van der Waals surface area contributed by atoms with Crippen molar-refractivity contribution in [3.05, 3.63) is 103 Å². The van der Waals surface area contributed by atoms with Gasteiger partial charge in [0.1, 0.15) is 6.10 Å². The van der Waals surface area contributed by atoms with Crippen LogP contribution in [0.15, 0.2) is 97.1 Å². The molecule has 4 aromatic rings. The molecule has 206 valence electrons. The van der Waals surface area contributed by atoms with E-state index in [1.165, 1.54) is 13.2 Å². The molecule has 0 radical (unpaired) electrons. The van der Waals surface area contributed by atoms with E-state index >= 15 is 0 Å².